The molecule has 0 aliphatic carbocycles. The van der Waals surface area contributed by atoms with Crippen LogP contribution < -0.4 is 4.74 Å². The molecule has 0 saturated carbocycles. The van der Waals surface area contributed by atoms with Crippen LogP contribution in [0.25, 0.3) is 0 Å². The van der Waals surface area contributed by atoms with Gasteiger partial charge in [0.15, 0.2) is 11.6 Å². The molecule has 0 bridgehead atoms. The van der Waals surface area contributed by atoms with E-state index in [0.717, 1.165) is 19.3 Å². The standard InChI is InChI=1S/C13H17FO/c1-2-3-4-5-8-11-15-13-10-7-6-9-12(13)14/h2-3,6-7,9-10H,4-5,8,11H2,1H3. The Morgan fingerprint density at radius 1 is 1.27 bits per heavy atom. The monoisotopic (exact) mass is 208 g/mol. The number of unbranched alkanes of at least 4 members (excludes halogenated alkanes) is 2. The van der Waals surface area contributed by atoms with Gasteiger partial charge in [0.05, 0.1) is 6.61 Å². The zero-order chi connectivity index (χ0) is 10.9. The summed E-state index contributed by atoms with van der Waals surface area (Å²) >= 11 is 0. The predicted octanol–water partition coefficient (Wildman–Crippen LogP) is 3.95. The summed E-state index contributed by atoms with van der Waals surface area (Å²) in [6.45, 7) is 2.59. The maximum Gasteiger partial charge on any atom is 0.165 e. The molecule has 0 fully saturated rings. The van der Waals surface area contributed by atoms with Crippen molar-refractivity contribution in [3.63, 3.8) is 0 Å². The summed E-state index contributed by atoms with van der Waals surface area (Å²) < 4.78 is 18.4. The SMILES string of the molecule is CC=CCCCCOc1ccccc1F. The van der Waals surface area contributed by atoms with E-state index in [0.29, 0.717) is 12.4 Å². The normalized spacial score (nSPS) is 10.8. The fourth-order valence-corrected chi connectivity index (χ4v) is 1.27. The average molecular weight is 208 g/mol. The van der Waals surface area contributed by atoms with Crippen LogP contribution in [0.5, 0.6) is 5.75 Å². The van der Waals surface area contributed by atoms with E-state index in [1.807, 2.05) is 13.0 Å². The summed E-state index contributed by atoms with van der Waals surface area (Å²) in [5.41, 5.74) is 0. The zero-order valence-electron chi connectivity index (χ0n) is 9.08. The molecular weight excluding hydrogens is 191 g/mol. The highest BCUT2D eigenvalue weighted by atomic mass is 19.1. The summed E-state index contributed by atoms with van der Waals surface area (Å²) in [6, 6.07) is 6.50. The quantitative estimate of drug-likeness (QED) is 0.508. The van der Waals surface area contributed by atoms with Crippen molar-refractivity contribution in [2.75, 3.05) is 6.61 Å². The van der Waals surface area contributed by atoms with Crippen LogP contribution in [0.4, 0.5) is 4.39 Å². The molecule has 2 heteroatoms. The Morgan fingerprint density at radius 3 is 2.80 bits per heavy atom. The molecule has 82 valence electrons. The smallest absolute Gasteiger partial charge is 0.165 e. The molecule has 0 heterocycles. The van der Waals surface area contributed by atoms with Gasteiger partial charge in [0.25, 0.3) is 0 Å². The van der Waals surface area contributed by atoms with E-state index in [1.54, 1.807) is 18.2 Å². The third-order valence-electron chi connectivity index (χ3n) is 2.10. The zero-order valence-corrected chi connectivity index (χ0v) is 9.08. The van der Waals surface area contributed by atoms with E-state index in [9.17, 15) is 4.39 Å². The van der Waals surface area contributed by atoms with E-state index in [4.69, 9.17) is 4.74 Å². The van der Waals surface area contributed by atoms with Gasteiger partial charge >= 0.3 is 0 Å². The minimum absolute atomic E-state index is 0.286. The Hall–Kier alpha value is -1.31. The van der Waals surface area contributed by atoms with Crippen LogP contribution in [0.1, 0.15) is 26.2 Å². The Labute approximate surface area is 90.6 Å². The maximum atomic E-state index is 13.1. The first-order valence-corrected chi connectivity index (χ1v) is 5.33. The van der Waals surface area contributed by atoms with Gasteiger partial charge in [-0.15, -0.1) is 0 Å². The van der Waals surface area contributed by atoms with Gasteiger partial charge in [0.2, 0.25) is 0 Å². The van der Waals surface area contributed by atoms with Gasteiger partial charge in [-0.05, 0) is 38.3 Å². The van der Waals surface area contributed by atoms with Crippen molar-refractivity contribution >= 4 is 0 Å². The average Bonchev–Trinajstić information content (AvgIpc) is 2.25. The molecule has 15 heavy (non-hydrogen) atoms. The van der Waals surface area contributed by atoms with Crippen molar-refractivity contribution in [3.8, 4) is 5.75 Å². The molecular formula is C13H17FO. The third kappa shape index (κ3) is 4.63. The predicted molar refractivity (Wildman–Crippen MR) is 60.6 cm³/mol. The number of rotatable bonds is 6. The van der Waals surface area contributed by atoms with E-state index >= 15 is 0 Å². The fourth-order valence-electron chi connectivity index (χ4n) is 1.27. The summed E-state index contributed by atoms with van der Waals surface area (Å²) in [5.74, 6) is 0.0643. The van der Waals surface area contributed by atoms with E-state index in [1.165, 1.54) is 6.07 Å². The van der Waals surface area contributed by atoms with Gasteiger partial charge in [-0.1, -0.05) is 24.3 Å². The molecule has 1 rings (SSSR count). The summed E-state index contributed by atoms with van der Waals surface area (Å²) in [7, 11) is 0. The van der Waals surface area contributed by atoms with Gasteiger partial charge in [0, 0.05) is 0 Å². The Kier molecular flexibility index (Phi) is 5.52. The first-order valence-electron chi connectivity index (χ1n) is 5.33. The highest BCUT2D eigenvalue weighted by molar-refractivity contribution is 5.23. The number of allylic oxidation sites excluding steroid dienone is 2. The van der Waals surface area contributed by atoms with E-state index in [-0.39, 0.29) is 5.82 Å². The second-order valence-corrected chi connectivity index (χ2v) is 3.34. The number of ether oxygens (including phenoxy) is 1. The molecule has 0 unspecified atom stereocenters. The van der Waals surface area contributed by atoms with Gasteiger partial charge in [-0.25, -0.2) is 4.39 Å². The van der Waals surface area contributed by atoms with Crippen LogP contribution in [-0.4, -0.2) is 6.61 Å². The maximum absolute atomic E-state index is 13.1. The lowest BCUT2D eigenvalue weighted by molar-refractivity contribution is 0.292. The molecule has 0 radical (unpaired) electrons. The lowest BCUT2D eigenvalue weighted by Gasteiger charge is -2.05. The highest BCUT2D eigenvalue weighted by Gasteiger charge is 1.99. The second kappa shape index (κ2) is 7.04. The second-order valence-electron chi connectivity index (χ2n) is 3.34. The van der Waals surface area contributed by atoms with Crippen molar-refractivity contribution in [2.45, 2.75) is 26.2 Å². The van der Waals surface area contributed by atoms with Crippen LogP contribution in [0.3, 0.4) is 0 Å². The van der Waals surface area contributed by atoms with Crippen LogP contribution in [-0.2, 0) is 0 Å². The van der Waals surface area contributed by atoms with Gasteiger partial charge in [-0.2, -0.15) is 0 Å². The van der Waals surface area contributed by atoms with Crippen molar-refractivity contribution < 1.29 is 9.13 Å². The summed E-state index contributed by atoms with van der Waals surface area (Å²) in [6.07, 6.45) is 7.27. The van der Waals surface area contributed by atoms with Gasteiger partial charge in [-0.3, -0.25) is 0 Å². The first kappa shape index (κ1) is 11.8. The summed E-state index contributed by atoms with van der Waals surface area (Å²) in [4.78, 5) is 0. The van der Waals surface area contributed by atoms with Crippen molar-refractivity contribution in [3.05, 3.63) is 42.2 Å². The Balaban J connectivity index is 2.18. The Bertz CT molecular complexity index is 307. The first-order chi connectivity index (χ1) is 7.34. The number of hydrogen-bond donors (Lipinski definition) is 0. The lowest BCUT2D eigenvalue weighted by Crippen LogP contribution is -1.98. The minimum atomic E-state index is -0.286. The van der Waals surface area contributed by atoms with Gasteiger partial charge < -0.3 is 4.74 Å². The molecule has 0 aliphatic rings. The largest absolute Gasteiger partial charge is 0.491 e. The Morgan fingerprint density at radius 2 is 2.07 bits per heavy atom. The molecule has 1 aromatic carbocycles. The van der Waals surface area contributed by atoms with E-state index in [2.05, 4.69) is 6.08 Å². The summed E-state index contributed by atoms with van der Waals surface area (Å²) in [5, 5.41) is 0. The van der Waals surface area contributed by atoms with Crippen molar-refractivity contribution in [2.24, 2.45) is 0 Å². The van der Waals surface area contributed by atoms with Crippen molar-refractivity contribution in [1.82, 2.24) is 0 Å². The molecule has 0 saturated heterocycles. The number of hydrogen-bond acceptors (Lipinski definition) is 1. The number of halogens is 1. The highest BCUT2D eigenvalue weighted by Crippen LogP contribution is 2.15. The minimum Gasteiger partial charge on any atom is -0.491 e. The van der Waals surface area contributed by atoms with Crippen LogP contribution >= 0.6 is 0 Å². The molecule has 1 aromatic rings. The number of benzene rings is 1. The molecule has 0 aliphatic heterocycles. The lowest BCUT2D eigenvalue weighted by atomic mass is 10.2. The molecule has 0 amide bonds. The molecule has 0 atom stereocenters. The molecule has 0 N–H and O–H groups in total. The molecule has 0 spiro atoms. The van der Waals surface area contributed by atoms with Crippen LogP contribution in [0.2, 0.25) is 0 Å². The number of para-hydroxylation sites is 1. The van der Waals surface area contributed by atoms with E-state index < -0.39 is 0 Å². The molecule has 1 nitrogen and oxygen atoms in total. The topological polar surface area (TPSA) is 9.23 Å². The fraction of sp³-hybridized carbons (Fsp3) is 0.385. The van der Waals surface area contributed by atoms with Crippen molar-refractivity contribution in [1.29, 1.82) is 0 Å². The molecule has 0 aromatic heterocycles. The van der Waals surface area contributed by atoms with Crippen LogP contribution in [0, 0.1) is 5.82 Å². The van der Waals surface area contributed by atoms with Gasteiger partial charge in [0.1, 0.15) is 0 Å². The third-order valence-corrected chi connectivity index (χ3v) is 2.10. The van der Waals surface area contributed by atoms with Crippen LogP contribution in [0.15, 0.2) is 36.4 Å².